The zero-order valence-electron chi connectivity index (χ0n) is 19.7. The van der Waals surface area contributed by atoms with Crippen molar-refractivity contribution >= 4 is 23.0 Å². The molecule has 0 amide bonds. The standard InChI is InChI=1S/C23H34F2N6OS/c1-4-30(5-2)13-18-14-31(10-11-32-18)20-12-19(27-17-6-8-23(24,25)9-7-17)28-21(29-20)22-26-16(3)15-33-22/h12,15,17-18H,4-11,13-14H2,1-3H3,(H,27,28,29). The van der Waals surface area contributed by atoms with E-state index in [9.17, 15) is 8.78 Å². The van der Waals surface area contributed by atoms with Gasteiger partial charge in [-0.05, 0) is 32.9 Å². The predicted octanol–water partition coefficient (Wildman–Crippen LogP) is 4.45. The summed E-state index contributed by atoms with van der Waals surface area (Å²) < 4.78 is 33.2. The SMILES string of the molecule is CCN(CC)CC1CN(c2cc(NC3CCC(F)(F)CC3)nc(-c3nc(C)cs3)n2)CCO1. The highest BCUT2D eigenvalue weighted by atomic mass is 32.1. The Labute approximate surface area is 198 Å². The van der Waals surface area contributed by atoms with E-state index in [1.165, 1.54) is 11.3 Å². The summed E-state index contributed by atoms with van der Waals surface area (Å²) in [6.45, 7) is 11.3. The smallest absolute Gasteiger partial charge is 0.248 e. The first kappa shape index (κ1) is 24.2. The monoisotopic (exact) mass is 480 g/mol. The molecule has 1 saturated carbocycles. The van der Waals surface area contributed by atoms with Crippen molar-refractivity contribution in [2.75, 3.05) is 49.5 Å². The lowest BCUT2D eigenvalue weighted by atomic mass is 9.92. The van der Waals surface area contributed by atoms with Crippen LogP contribution in [0.15, 0.2) is 11.4 Å². The van der Waals surface area contributed by atoms with Crippen LogP contribution in [0.3, 0.4) is 0 Å². The Hall–Kier alpha value is -1.91. The van der Waals surface area contributed by atoms with Crippen molar-refractivity contribution in [1.29, 1.82) is 0 Å². The number of hydrogen-bond donors (Lipinski definition) is 1. The van der Waals surface area contributed by atoms with Gasteiger partial charge < -0.3 is 19.9 Å². The molecule has 182 valence electrons. The van der Waals surface area contributed by atoms with Gasteiger partial charge in [-0.25, -0.2) is 23.7 Å². The Morgan fingerprint density at radius 3 is 2.64 bits per heavy atom. The summed E-state index contributed by atoms with van der Waals surface area (Å²) in [5.41, 5.74) is 0.929. The van der Waals surface area contributed by atoms with E-state index in [1.54, 1.807) is 0 Å². The maximum absolute atomic E-state index is 13.6. The van der Waals surface area contributed by atoms with Crippen LogP contribution in [0.5, 0.6) is 0 Å². The average Bonchev–Trinajstić information content (AvgIpc) is 3.25. The van der Waals surface area contributed by atoms with Gasteiger partial charge in [0.25, 0.3) is 0 Å². The van der Waals surface area contributed by atoms with Gasteiger partial charge in [-0.2, -0.15) is 0 Å². The highest BCUT2D eigenvalue weighted by Crippen LogP contribution is 2.35. The molecule has 0 spiro atoms. The molecule has 1 saturated heterocycles. The second-order valence-electron chi connectivity index (χ2n) is 8.93. The van der Waals surface area contributed by atoms with Gasteiger partial charge in [-0.3, -0.25) is 0 Å². The summed E-state index contributed by atoms with van der Waals surface area (Å²) in [6.07, 6.45) is 0.800. The number of rotatable bonds is 8. The van der Waals surface area contributed by atoms with E-state index in [1.807, 2.05) is 18.4 Å². The maximum Gasteiger partial charge on any atom is 0.248 e. The fourth-order valence-electron chi connectivity index (χ4n) is 4.42. The largest absolute Gasteiger partial charge is 0.373 e. The van der Waals surface area contributed by atoms with Crippen LogP contribution < -0.4 is 10.2 Å². The van der Waals surface area contributed by atoms with Crippen molar-refractivity contribution < 1.29 is 13.5 Å². The van der Waals surface area contributed by atoms with Gasteiger partial charge in [-0.1, -0.05) is 13.8 Å². The molecule has 0 aromatic carbocycles. The molecule has 2 aromatic heterocycles. The van der Waals surface area contributed by atoms with Crippen molar-refractivity contribution in [1.82, 2.24) is 19.9 Å². The highest BCUT2D eigenvalue weighted by Gasteiger charge is 2.35. The minimum atomic E-state index is -2.55. The molecule has 33 heavy (non-hydrogen) atoms. The number of thiazole rings is 1. The molecular formula is C23H34F2N6OS. The molecule has 0 radical (unpaired) electrons. The van der Waals surface area contributed by atoms with Gasteiger partial charge in [0.05, 0.1) is 12.7 Å². The lowest BCUT2D eigenvalue weighted by Crippen LogP contribution is -2.48. The molecule has 1 N–H and O–H groups in total. The minimum Gasteiger partial charge on any atom is -0.373 e. The molecule has 10 heteroatoms. The van der Waals surface area contributed by atoms with E-state index in [4.69, 9.17) is 14.7 Å². The minimum absolute atomic E-state index is 0.0154. The fourth-order valence-corrected chi connectivity index (χ4v) is 5.15. The third-order valence-corrected chi connectivity index (χ3v) is 7.37. The Kier molecular flexibility index (Phi) is 7.76. The van der Waals surface area contributed by atoms with Crippen LogP contribution in [0, 0.1) is 6.92 Å². The van der Waals surface area contributed by atoms with Crippen LogP contribution >= 0.6 is 11.3 Å². The van der Waals surface area contributed by atoms with Crippen LogP contribution in [0.4, 0.5) is 20.4 Å². The van der Waals surface area contributed by atoms with E-state index in [0.29, 0.717) is 31.1 Å². The molecule has 2 aromatic rings. The molecule has 4 rings (SSSR count). The summed E-state index contributed by atoms with van der Waals surface area (Å²) >= 11 is 1.51. The number of nitrogens with one attached hydrogen (secondary N) is 1. The Bertz CT molecular complexity index is 912. The van der Waals surface area contributed by atoms with Crippen LogP contribution in [-0.2, 0) is 4.74 Å². The number of ether oxygens (including phenoxy) is 1. The normalized spacial score (nSPS) is 21.5. The van der Waals surface area contributed by atoms with Crippen molar-refractivity contribution in [2.24, 2.45) is 0 Å². The zero-order chi connectivity index (χ0) is 23.4. The van der Waals surface area contributed by atoms with E-state index < -0.39 is 5.92 Å². The quantitative estimate of drug-likeness (QED) is 0.599. The van der Waals surface area contributed by atoms with E-state index in [-0.39, 0.29) is 25.0 Å². The van der Waals surface area contributed by atoms with Gasteiger partial charge in [-0.15, -0.1) is 11.3 Å². The summed E-state index contributed by atoms with van der Waals surface area (Å²) in [5, 5.41) is 6.15. The molecule has 0 bridgehead atoms. The summed E-state index contributed by atoms with van der Waals surface area (Å²) in [5.74, 6) is -0.484. The van der Waals surface area contributed by atoms with Gasteiger partial charge in [0.2, 0.25) is 5.92 Å². The first-order valence-corrected chi connectivity index (χ1v) is 12.8. The molecule has 1 atom stereocenters. The lowest BCUT2D eigenvalue weighted by Gasteiger charge is -2.36. The molecule has 3 heterocycles. The number of alkyl halides is 2. The number of aryl methyl sites for hydroxylation is 1. The van der Waals surface area contributed by atoms with Crippen molar-refractivity contribution in [3.63, 3.8) is 0 Å². The molecule has 1 aliphatic carbocycles. The van der Waals surface area contributed by atoms with Crippen LogP contribution in [0.25, 0.3) is 10.8 Å². The molecule has 2 aliphatic rings. The Morgan fingerprint density at radius 1 is 1.21 bits per heavy atom. The second kappa shape index (κ2) is 10.6. The molecular weight excluding hydrogens is 446 g/mol. The number of aromatic nitrogens is 3. The number of likely N-dealkylation sites (N-methyl/N-ethyl adjacent to an activating group) is 1. The number of anilines is 2. The zero-order valence-corrected chi connectivity index (χ0v) is 20.5. The first-order chi connectivity index (χ1) is 15.8. The Morgan fingerprint density at radius 2 is 1.97 bits per heavy atom. The third-order valence-electron chi connectivity index (χ3n) is 6.41. The van der Waals surface area contributed by atoms with Crippen molar-refractivity contribution in [2.45, 2.75) is 64.5 Å². The van der Waals surface area contributed by atoms with Gasteiger partial charge in [0, 0.05) is 55.7 Å². The Balaban J connectivity index is 1.55. The molecule has 1 unspecified atom stereocenters. The summed E-state index contributed by atoms with van der Waals surface area (Å²) in [7, 11) is 0. The molecule has 2 fully saturated rings. The molecule has 1 aliphatic heterocycles. The van der Waals surface area contributed by atoms with E-state index >= 15 is 0 Å². The summed E-state index contributed by atoms with van der Waals surface area (Å²) in [4.78, 5) is 18.7. The first-order valence-electron chi connectivity index (χ1n) is 11.9. The third kappa shape index (κ3) is 6.36. The number of nitrogens with zero attached hydrogens (tertiary/aromatic N) is 5. The van der Waals surface area contributed by atoms with Crippen LogP contribution in [0.2, 0.25) is 0 Å². The second-order valence-corrected chi connectivity index (χ2v) is 9.79. The number of hydrogen-bond acceptors (Lipinski definition) is 8. The van der Waals surface area contributed by atoms with E-state index in [0.717, 1.165) is 49.2 Å². The molecule has 7 nitrogen and oxygen atoms in total. The number of morpholine rings is 1. The van der Waals surface area contributed by atoms with Crippen LogP contribution in [-0.4, -0.2) is 77.3 Å². The van der Waals surface area contributed by atoms with E-state index in [2.05, 4.69) is 33.9 Å². The van der Waals surface area contributed by atoms with Gasteiger partial charge >= 0.3 is 0 Å². The highest BCUT2D eigenvalue weighted by molar-refractivity contribution is 7.13. The lowest BCUT2D eigenvalue weighted by molar-refractivity contribution is -0.0361. The van der Waals surface area contributed by atoms with Crippen molar-refractivity contribution in [3.05, 3.63) is 17.1 Å². The number of halogens is 2. The fraction of sp³-hybridized carbons (Fsp3) is 0.696. The van der Waals surface area contributed by atoms with Crippen LogP contribution in [0.1, 0.15) is 45.2 Å². The maximum atomic E-state index is 13.6. The summed E-state index contributed by atoms with van der Waals surface area (Å²) in [6, 6.07) is 1.93. The van der Waals surface area contributed by atoms with Crippen molar-refractivity contribution in [3.8, 4) is 10.8 Å². The topological polar surface area (TPSA) is 66.4 Å². The predicted molar refractivity (Wildman–Crippen MR) is 128 cm³/mol. The average molecular weight is 481 g/mol. The van der Waals surface area contributed by atoms with Gasteiger partial charge in [0.15, 0.2) is 10.8 Å². The van der Waals surface area contributed by atoms with Gasteiger partial charge in [0.1, 0.15) is 11.6 Å².